The smallest absolute Gasteiger partial charge is 0.164 e. The van der Waals surface area contributed by atoms with E-state index in [0.29, 0.717) is 17.5 Å². The molecule has 0 saturated carbocycles. The fourth-order valence-corrected chi connectivity index (χ4v) is 7.99. The van der Waals surface area contributed by atoms with Crippen LogP contribution in [0.2, 0.25) is 0 Å². The van der Waals surface area contributed by atoms with Gasteiger partial charge < -0.3 is 8.98 Å². The molecule has 0 aliphatic rings. The standard InChI is InChI=1S/C51H32N4O/c1-5-15-33(16-6-1)37-25-27-41-40-23-13-14-24-44(40)55(45(41)30-37)39-26-28-42-46(32-39)56-47-31-38(34-17-7-2-8-18-34)29-43(48(42)47)51-53-49(35-19-9-3-10-20-35)52-50(54-51)36-21-11-4-12-22-36/h1-32H. The Kier molecular flexibility index (Phi) is 7.42. The fraction of sp³-hybridized carbons (Fsp3) is 0. The van der Waals surface area contributed by atoms with Gasteiger partial charge in [-0.2, -0.15) is 0 Å². The molecular formula is C51H32N4O. The van der Waals surface area contributed by atoms with E-state index in [1.807, 2.05) is 66.7 Å². The van der Waals surface area contributed by atoms with Gasteiger partial charge in [0.25, 0.3) is 0 Å². The predicted molar refractivity (Wildman–Crippen MR) is 229 cm³/mol. The third-order valence-corrected chi connectivity index (χ3v) is 10.6. The van der Waals surface area contributed by atoms with Crippen molar-refractivity contribution in [3.63, 3.8) is 0 Å². The number of fused-ring (bicyclic) bond motifs is 6. The summed E-state index contributed by atoms with van der Waals surface area (Å²) in [6.45, 7) is 0. The van der Waals surface area contributed by atoms with Gasteiger partial charge in [0.15, 0.2) is 17.5 Å². The summed E-state index contributed by atoms with van der Waals surface area (Å²) in [5.41, 5.74) is 12.0. The Balaban J connectivity index is 1.16. The molecule has 0 saturated heterocycles. The van der Waals surface area contributed by atoms with Crippen molar-refractivity contribution in [3.8, 4) is 62.1 Å². The Bertz CT molecular complexity index is 3170. The van der Waals surface area contributed by atoms with Crippen molar-refractivity contribution in [2.24, 2.45) is 0 Å². The van der Waals surface area contributed by atoms with Crippen molar-refractivity contribution >= 4 is 43.7 Å². The molecule has 0 spiro atoms. The first-order chi connectivity index (χ1) is 27.7. The Hall–Kier alpha value is -7.63. The van der Waals surface area contributed by atoms with E-state index in [-0.39, 0.29) is 0 Å². The lowest BCUT2D eigenvalue weighted by Gasteiger charge is -2.11. The van der Waals surface area contributed by atoms with Crippen molar-refractivity contribution in [3.05, 3.63) is 194 Å². The average molecular weight is 717 g/mol. The first-order valence-electron chi connectivity index (χ1n) is 18.8. The van der Waals surface area contributed by atoms with E-state index in [4.69, 9.17) is 19.4 Å². The van der Waals surface area contributed by atoms with Crippen molar-refractivity contribution in [2.45, 2.75) is 0 Å². The Labute approximate surface area is 322 Å². The van der Waals surface area contributed by atoms with Crippen LogP contribution in [0.5, 0.6) is 0 Å². The molecular weight excluding hydrogens is 685 g/mol. The highest BCUT2D eigenvalue weighted by molar-refractivity contribution is 6.14. The highest BCUT2D eigenvalue weighted by atomic mass is 16.3. The number of furan rings is 1. The Morgan fingerprint density at radius 2 is 0.875 bits per heavy atom. The molecule has 0 aliphatic carbocycles. The summed E-state index contributed by atoms with van der Waals surface area (Å²) < 4.78 is 9.23. The minimum absolute atomic E-state index is 0.586. The maximum absolute atomic E-state index is 6.88. The summed E-state index contributed by atoms with van der Waals surface area (Å²) in [5.74, 6) is 1.82. The summed E-state index contributed by atoms with van der Waals surface area (Å²) in [6.07, 6.45) is 0. The van der Waals surface area contributed by atoms with Crippen LogP contribution >= 0.6 is 0 Å². The summed E-state index contributed by atoms with van der Waals surface area (Å²) >= 11 is 0. The van der Waals surface area contributed by atoms with Gasteiger partial charge in [-0.1, -0.05) is 152 Å². The van der Waals surface area contributed by atoms with Crippen molar-refractivity contribution < 1.29 is 4.42 Å². The lowest BCUT2D eigenvalue weighted by molar-refractivity contribution is 0.669. The van der Waals surface area contributed by atoms with Crippen molar-refractivity contribution in [1.29, 1.82) is 0 Å². The van der Waals surface area contributed by atoms with Crippen LogP contribution in [-0.4, -0.2) is 19.5 Å². The minimum atomic E-state index is 0.586. The van der Waals surface area contributed by atoms with Crippen LogP contribution in [0, 0.1) is 0 Å². The van der Waals surface area contributed by atoms with E-state index < -0.39 is 0 Å². The monoisotopic (exact) mass is 716 g/mol. The van der Waals surface area contributed by atoms with Gasteiger partial charge in [0, 0.05) is 50.0 Å². The zero-order chi connectivity index (χ0) is 37.0. The third kappa shape index (κ3) is 5.37. The topological polar surface area (TPSA) is 56.7 Å². The van der Waals surface area contributed by atoms with Gasteiger partial charge in [0.1, 0.15) is 11.2 Å². The van der Waals surface area contributed by atoms with E-state index in [1.54, 1.807) is 0 Å². The molecule has 3 aromatic heterocycles. The molecule has 0 radical (unpaired) electrons. The second-order valence-electron chi connectivity index (χ2n) is 14.0. The molecule has 11 rings (SSSR count). The number of hydrogen-bond donors (Lipinski definition) is 0. The van der Waals surface area contributed by atoms with Crippen LogP contribution in [0.25, 0.3) is 106 Å². The van der Waals surface area contributed by atoms with Crippen LogP contribution in [0.15, 0.2) is 199 Å². The van der Waals surface area contributed by atoms with Crippen LogP contribution < -0.4 is 0 Å². The number of rotatable bonds is 6. The zero-order valence-electron chi connectivity index (χ0n) is 30.2. The molecule has 5 nitrogen and oxygen atoms in total. The van der Waals surface area contributed by atoms with Gasteiger partial charge in [0.05, 0.1) is 11.0 Å². The van der Waals surface area contributed by atoms with Crippen LogP contribution in [-0.2, 0) is 0 Å². The van der Waals surface area contributed by atoms with Gasteiger partial charge in [-0.15, -0.1) is 0 Å². The molecule has 3 heterocycles. The highest BCUT2D eigenvalue weighted by Crippen LogP contribution is 2.42. The molecule has 0 fully saturated rings. The van der Waals surface area contributed by atoms with E-state index in [9.17, 15) is 0 Å². The van der Waals surface area contributed by atoms with E-state index in [0.717, 1.165) is 66.5 Å². The van der Waals surface area contributed by atoms with Crippen molar-refractivity contribution in [2.75, 3.05) is 0 Å². The van der Waals surface area contributed by atoms with Gasteiger partial charge >= 0.3 is 0 Å². The van der Waals surface area contributed by atoms with Crippen LogP contribution in [0.3, 0.4) is 0 Å². The quantitative estimate of drug-likeness (QED) is 0.172. The number of nitrogens with zero attached hydrogens (tertiary/aromatic N) is 4. The molecule has 56 heavy (non-hydrogen) atoms. The second kappa shape index (κ2) is 13.0. The molecule has 262 valence electrons. The van der Waals surface area contributed by atoms with Gasteiger partial charge in [-0.25, -0.2) is 15.0 Å². The Morgan fingerprint density at radius 3 is 1.54 bits per heavy atom. The van der Waals surface area contributed by atoms with E-state index >= 15 is 0 Å². The SMILES string of the molecule is c1ccc(-c2cc(-c3nc(-c4ccccc4)nc(-c4ccccc4)n3)c3c(c2)oc2cc(-n4c5ccccc5c5ccc(-c6ccccc6)cc54)ccc23)cc1. The average Bonchev–Trinajstić information content (AvgIpc) is 3.82. The zero-order valence-corrected chi connectivity index (χ0v) is 30.2. The fourth-order valence-electron chi connectivity index (χ4n) is 7.99. The Morgan fingerprint density at radius 1 is 0.339 bits per heavy atom. The second-order valence-corrected chi connectivity index (χ2v) is 14.0. The molecule has 0 atom stereocenters. The van der Waals surface area contributed by atoms with Gasteiger partial charge in [-0.3, -0.25) is 0 Å². The maximum Gasteiger partial charge on any atom is 0.164 e. The summed E-state index contributed by atoms with van der Waals surface area (Å²) in [7, 11) is 0. The summed E-state index contributed by atoms with van der Waals surface area (Å²) in [5, 5.41) is 4.37. The molecule has 11 aromatic rings. The first-order valence-corrected chi connectivity index (χ1v) is 18.8. The number of para-hydroxylation sites is 1. The highest BCUT2D eigenvalue weighted by Gasteiger charge is 2.21. The largest absolute Gasteiger partial charge is 0.456 e. The van der Waals surface area contributed by atoms with E-state index in [1.165, 1.54) is 21.9 Å². The van der Waals surface area contributed by atoms with Gasteiger partial charge in [0.2, 0.25) is 0 Å². The summed E-state index contributed by atoms with van der Waals surface area (Å²) in [6, 6.07) is 67.4. The van der Waals surface area contributed by atoms with E-state index in [2.05, 4.69) is 132 Å². The van der Waals surface area contributed by atoms with Crippen molar-refractivity contribution in [1.82, 2.24) is 19.5 Å². The summed E-state index contributed by atoms with van der Waals surface area (Å²) in [4.78, 5) is 15.3. The molecule has 0 bridgehead atoms. The molecule has 0 amide bonds. The number of hydrogen-bond acceptors (Lipinski definition) is 4. The van der Waals surface area contributed by atoms with Gasteiger partial charge in [-0.05, 0) is 58.7 Å². The number of benzene rings is 8. The first kappa shape index (κ1) is 31.9. The lowest BCUT2D eigenvalue weighted by Crippen LogP contribution is -2.00. The molecule has 5 heteroatoms. The van der Waals surface area contributed by atoms with Crippen LogP contribution in [0.4, 0.5) is 0 Å². The minimum Gasteiger partial charge on any atom is -0.456 e. The lowest BCUT2D eigenvalue weighted by atomic mass is 9.98. The molecule has 0 N–H and O–H groups in total. The number of aromatic nitrogens is 4. The molecule has 0 aliphatic heterocycles. The predicted octanol–water partition coefficient (Wildman–Crippen LogP) is 13.2. The molecule has 8 aromatic carbocycles. The third-order valence-electron chi connectivity index (χ3n) is 10.6. The molecule has 0 unspecified atom stereocenters. The van der Waals surface area contributed by atoms with Crippen LogP contribution in [0.1, 0.15) is 0 Å². The maximum atomic E-state index is 6.88. The normalized spacial score (nSPS) is 11.6.